The monoisotopic (exact) mass is 382 g/mol. The summed E-state index contributed by atoms with van der Waals surface area (Å²) >= 11 is 0. The molecule has 5 aliphatic carbocycles. The Kier molecular flexibility index (Phi) is 4.28. The summed E-state index contributed by atoms with van der Waals surface area (Å²) in [4.78, 5) is 13.7. The average Bonchev–Trinajstić information content (AvgIpc) is 2.62. The number of rotatable bonds is 4. The van der Waals surface area contributed by atoms with Gasteiger partial charge in [-0.2, -0.15) is 0 Å². The van der Waals surface area contributed by atoms with Crippen LogP contribution in [-0.2, 0) is 4.79 Å². The molecule has 152 valence electrons. The van der Waals surface area contributed by atoms with Gasteiger partial charge in [0.05, 0.1) is 5.60 Å². The largest absolute Gasteiger partial charge is 0.390 e. The summed E-state index contributed by atoms with van der Waals surface area (Å²) in [6, 6.07) is 8.38. The number of aryl methyl sites for hydroxylation is 1. The van der Waals surface area contributed by atoms with Gasteiger partial charge in [0, 0.05) is 11.2 Å². The molecule has 5 aliphatic rings. The van der Waals surface area contributed by atoms with E-state index in [1.54, 1.807) is 0 Å². The summed E-state index contributed by atoms with van der Waals surface area (Å²) in [5.74, 6) is 1.33. The first-order valence-electron chi connectivity index (χ1n) is 11.3. The van der Waals surface area contributed by atoms with Gasteiger partial charge in [-0.1, -0.05) is 37.0 Å². The van der Waals surface area contributed by atoms with Crippen molar-refractivity contribution in [2.45, 2.75) is 94.2 Å². The molecule has 0 aromatic heterocycles. The molecule has 3 N–H and O–H groups in total. The highest BCUT2D eigenvalue weighted by molar-refractivity contribution is 5.90. The Morgan fingerprint density at radius 2 is 1.64 bits per heavy atom. The molecule has 28 heavy (non-hydrogen) atoms. The van der Waals surface area contributed by atoms with Crippen LogP contribution in [0.5, 0.6) is 0 Å². The van der Waals surface area contributed by atoms with Crippen LogP contribution in [-0.4, -0.2) is 27.7 Å². The summed E-state index contributed by atoms with van der Waals surface area (Å²) in [6.45, 7) is 2.09. The molecular weight excluding hydrogens is 348 g/mol. The molecule has 0 radical (unpaired) electrons. The van der Waals surface area contributed by atoms with Gasteiger partial charge < -0.3 is 15.7 Å². The summed E-state index contributed by atoms with van der Waals surface area (Å²) < 4.78 is 0. The van der Waals surface area contributed by atoms with E-state index in [0.717, 1.165) is 63.5 Å². The van der Waals surface area contributed by atoms with E-state index < -0.39 is 11.1 Å². The van der Waals surface area contributed by atoms with Gasteiger partial charge in [0.15, 0.2) is 0 Å². The summed E-state index contributed by atoms with van der Waals surface area (Å²) in [6.07, 6.45) is 11.1. The fraction of sp³-hybridized carbons (Fsp3) is 0.708. The fourth-order valence-electron chi connectivity index (χ4n) is 7.20. The molecular formula is C24H34N2O2. The van der Waals surface area contributed by atoms with Crippen LogP contribution in [0.25, 0.3) is 0 Å². The van der Waals surface area contributed by atoms with Gasteiger partial charge in [0.2, 0.25) is 5.91 Å². The van der Waals surface area contributed by atoms with Crippen molar-refractivity contribution in [1.29, 1.82) is 0 Å². The molecule has 0 heterocycles. The molecule has 2 unspecified atom stereocenters. The number of hydrogen-bond donors (Lipinski definition) is 3. The van der Waals surface area contributed by atoms with E-state index in [9.17, 15) is 9.90 Å². The molecule has 4 nitrogen and oxygen atoms in total. The number of carbonyl (C=O) groups excluding carboxylic acids is 1. The maximum absolute atomic E-state index is 13.7. The van der Waals surface area contributed by atoms with E-state index in [0.29, 0.717) is 11.8 Å². The Hall–Kier alpha value is -1.55. The van der Waals surface area contributed by atoms with E-state index >= 15 is 0 Å². The van der Waals surface area contributed by atoms with Crippen LogP contribution < -0.4 is 10.6 Å². The number of benzene rings is 1. The summed E-state index contributed by atoms with van der Waals surface area (Å²) in [5.41, 5.74) is 1.03. The lowest BCUT2D eigenvalue weighted by atomic mass is 9.51. The molecule has 1 amide bonds. The van der Waals surface area contributed by atoms with Crippen molar-refractivity contribution >= 4 is 11.6 Å². The average molecular weight is 383 g/mol. The van der Waals surface area contributed by atoms with Crippen molar-refractivity contribution in [2.24, 2.45) is 11.8 Å². The Labute approximate surface area is 168 Å². The van der Waals surface area contributed by atoms with Crippen LogP contribution in [0.2, 0.25) is 0 Å². The van der Waals surface area contributed by atoms with Crippen LogP contribution in [0.15, 0.2) is 24.3 Å². The first kappa shape index (κ1) is 18.5. The van der Waals surface area contributed by atoms with E-state index in [2.05, 4.69) is 41.8 Å². The quantitative estimate of drug-likeness (QED) is 0.727. The first-order valence-corrected chi connectivity index (χ1v) is 11.3. The first-order chi connectivity index (χ1) is 13.4. The number of anilines is 1. The van der Waals surface area contributed by atoms with Crippen molar-refractivity contribution in [3.05, 3.63) is 29.8 Å². The van der Waals surface area contributed by atoms with Gasteiger partial charge in [-0.05, 0) is 82.3 Å². The SMILES string of the molecule is Cc1ccc(NC2(C(=O)NC34CC5CC(CC(O)(C5)C3)C4)CCCCC2)cc1. The van der Waals surface area contributed by atoms with Crippen molar-refractivity contribution in [1.82, 2.24) is 5.32 Å². The predicted molar refractivity (Wildman–Crippen MR) is 111 cm³/mol. The van der Waals surface area contributed by atoms with Crippen LogP contribution in [0.1, 0.15) is 76.2 Å². The fourth-order valence-corrected chi connectivity index (χ4v) is 7.20. The maximum atomic E-state index is 13.7. The van der Waals surface area contributed by atoms with Crippen molar-refractivity contribution in [3.63, 3.8) is 0 Å². The Morgan fingerprint density at radius 3 is 2.25 bits per heavy atom. The third kappa shape index (κ3) is 3.24. The van der Waals surface area contributed by atoms with E-state index in [4.69, 9.17) is 0 Å². The lowest BCUT2D eigenvalue weighted by molar-refractivity contribution is -0.153. The number of hydrogen-bond acceptors (Lipinski definition) is 3. The minimum atomic E-state index is -0.540. The van der Waals surface area contributed by atoms with Crippen LogP contribution in [0.3, 0.4) is 0 Å². The topological polar surface area (TPSA) is 61.4 Å². The van der Waals surface area contributed by atoms with Crippen LogP contribution in [0, 0.1) is 18.8 Å². The normalized spacial score (nSPS) is 38.2. The van der Waals surface area contributed by atoms with Gasteiger partial charge in [0.25, 0.3) is 0 Å². The summed E-state index contributed by atoms with van der Waals surface area (Å²) in [5, 5.41) is 18.2. The van der Waals surface area contributed by atoms with Crippen LogP contribution in [0.4, 0.5) is 5.69 Å². The number of nitrogens with one attached hydrogen (secondary N) is 2. The third-order valence-corrected chi connectivity index (χ3v) is 7.99. The zero-order valence-electron chi connectivity index (χ0n) is 17.1. The Bertz CT molecular complexity index is 736. The molecule has 1 aromatic carbocycles. The number of amides is 1. The molecule has 2 atom stereocenters. The molecule has 1 aromatic rings. The molecule has 0 spiro atoms. The van der Waals surface area contributed by atoms with Gasteiger partial charge in [-0.15, -0.1) is 0 Å². The van der Waals surface area contributed by atoms with Gasteiger partial charge in [-0.25, -0.2) is 0 Å². The minimum absolute atomic E-state index is 0.165. The summed E-state index contributed by atoms with van der Waals surface area (Å²) in [7, 11) is 0. The molecule has 4 bridgehead atoms. The molecule has 4 heteroatoms. The molecule has 0 saturated heterocycles. The Balaban J connectivity index is 1.39. The number of aliphatic hydroxyl groups is 1. The highest BCUT2D eigenvalue weighted by atomic mass is 16.3. The standard InChI is InChI=1S/C24H34N2O2/c1-17-5-7-20(8-6-17)25-24(9-3-2-4-10-24)21(27)26-22-12-18-11-19(13-22)15-23(28,14-18)16-22/h5-8,18-19,25,28H,2-4,9-16H2,1H3,(H,26,27). The lowest BCUT2D eigenvalue weighted by Gasteiger charge is -2.60. The van der Waals surface area contributed by atoms with Crippen molar-refractivity contribution in [2.75, 3.05) is 5.32 Å². The van der Waals surface area contributed by atoms with Crippen LogP contribution >= 0.6 is 0 Å². The maximum Gasteiger partial charge on any atom is 0.246 e. The van der Waals surface area contributed by atoms with Crippen molar-refractivity contribution < 1.29 is 9.90 Å². The molecule has 5 saturated carbocycles. The highest BCUT2D eigenvalue weighted by Gasteiger charge is 2.58. The Morgan fingerprint density at radius 1 is 1.00 bits per heavy atom. The molecule has 0 aliphatic heterocycles. The zero-order chi connectivity index (χ0) is 19.4. The third-order valence-electron chi connectivity index (χ3n) is 7.99. The molecule has 6 rings (SSSR count). The number of carbonyl (C=O) groups is 1. The minimum Gasteiger partial charge on any atom is -0.390 e. The van der Waals surface area contributed by atoms with Gasteiger partial charge in [-0.3, -0.25) is 4.79 Å². The second-order valence-electron chi connectivity index (χ2n) is 10.6. The predicted octanol–water partition coefficient (Wildman–Crippen LogP) is 4.31. The second kappa shape index (κ2) is 6.48. The van der Waals surface area contributed by atoms with E-state index in [-0.39, 0.29) is 11.4 Å². The van der Waals surface area contributed by atoms with Gasteiger partial charge in [0.1, 0.15) is 5.54 Å². The smallest absolute Gasteiger partial charge is 0.246 e. The lowest BCUT2D eigenvalue weighted by Crippen LogP contribution is -2.68. The highest BCUT2D eigenvalue weighted by Crippen LogP contribution is 2.57. The van der Waals surface area contributed by atoms with Crippen molar-refractivity contribution in [3.8, 4) is 0 Å². The van der Waals surface area contributed by atoms with Gasteiger partial charge >= 0.3 is 0 Å². The van der Waals surface area contributed by atoms with E-state index in [1.165, 1.54) is 18.4 Å². The zero-order valence-corrected chi connectivity index (χ0v) is 17.1. The molecule has 5 fully saturated rings. The second-order valence-corrected chi connectivity index (χ2v) is 10.6. The van der Waals surface area contributed by atoms with E-state index in [1.807, 2.05) is 0 Å².